The van der Waals surface area contributed by atoms with Gasteiger partial charge in [-0.05, 0) is 45.6 Å². The first-order valence-electron chi connectivity index (χ1n) is 12.0. The molecule has 0 spiro atoms. The third kappa shape index (κ3) is 8.68. The number of nitrogens with zero attached hydrogens (tertiary/aromatic N) is 1. The van der Waals surface area contributed by atoms with Crippen LogP contribution < -0.4 is 16.4 Å². The van der Waals surface area contributed by atoms with Crippen LogP contribution in [0.1, 0.15) is 77.8 Å². The number of amides is 4. The van der Waals surface area contributed by atoms with Crippen LogP contribution in [0, 0.1) is 0 Å². The highest BCUT2D eigenvalue weighted by Crippen LogP contribution is 2.35. The topological polar surface area (TPSA) is 131 Å². The summed E-state index contributed by atoms with van der Waals surface area (Å²) in [7, 11) is 0. The molecule has 1 aliphatic carbocycles. The maximum absolute atomic E-state index is 13.7. The third-order valence-corrected chi connectivity index (χ3v) is 5.31. The molecule has 34 heavy (non-hydrogen) atoms. The van der Waals surface area contributed by atoms with E-state index in [1.54, 1.807) is 32.9 Å². The molecule has 0 aliphatic heterocycles. The van der Waals surface area contributed by atoms with Crippen LogP contribution in [0.5, 0.6) is 0 Å². The summed E-state index contributed by atoms with van der Waals surface area (Å²) in [5, 5.41) is 5.44. The van der Waals surface area contributed by atoms with E-state index in [9.17, 15) is 19.2 Å². The molecule has 1 saturated carbocycles. The Labute approximate surface area is 201 Å². The van der Waals surface area contributed by atoms with Gasteiger partial charge in [0.15, 0.2) is 0 Å². The Hall–Kier alpha value is -3.10. The summed E-state index contributed by atoms with van der Waals surface area (Å²) in [4.78, 5) is 52.7. The normalized spacial score (nSPS) is 15.1. The van der Waals surface area contributed by atoms with Crippen LogP contribution in [0.4, 0.5) is 4.79 Å². The van der Waals surface area contributed by atoms with Gasteiger partial charge in [-0.25, -0.2) is 4.79 Å². The Balaban J connectivity index is 2.34. The van der Waals surface area contributed by atoms with Crippen molar-refractivity contribution in [3.63, 3.8) is 0 Å². The van der Waals surface area contributed by atoms with Gasteiger partial charge in [0.2, 0.25) is 17.7 Å². The highest BCUT2D eigenvalue weighted by Gasteiger charge is 2.44. The summed E-state index contributed by atoms with van der Waals surface area (Å²) in [5.74, 6) is -1.58. The Morgan fingerprint density at radius 2 is 1.76 bits per heavy atom. The van der Waals surface area contributed by atoms with Crippen molar-refractivity contribution in [1.29, 1.82) is 0 Å². The molecule has 0 radical (unpaired) electrons. The van der Waals surface area contributed by atoms with Gasteiger partial charge in [-0.15, -0.1) is 0 Å². The molecule has 0 bridgehead atoms. The fourth-order valence-corrected chi connectivity index (χ4v) is 3.66. The smallest absolute Gasteiger partial charge is 0.408 e. The van der Waals surface area contributed by atoms with Crippen molar-refractivity contribution in [2.24, 2.45) is 5.73 Å². The lowest BCUT2D eigenvalue weighted by molar-refractivity contribution is -0.144. The molecule has 9 nitrogen and oxygen atoms in total. The Bertz CT molecular complexity index is 849. The Morgan fingerprint density at radius 3 is 2.29 bits per heavy atom. The summed E-state index contributed by atoms with van der Waals surface area (Å²) >= 11 is 0. The van der Waals surface area contributed by atoms with E-state index in [0.29, 0.717) is 12.1 Å². The fraction of sp³-hybridized carbons (Fsp3) is 0.600. The number of nitrogens with one attached hydrogen (secondary N) is 2. The number of unbranched alkanes of at least 4 members (excludes halogenated alkanes) is 2. The molecular formula is C25H38N4O5. The summed E-state index contributed by atoms with van der Waals surface area (Å²) in [6.45, 7) is 7.68. The molecule has 0 aromatic heterocycles. The van der Waals surface area contributed by atoms with Crippen molar-refractivity contribution >= 4 is 23.8 Å². The summed E-state index contributed by atoms with van der Waals surface area (Å²) in [6.07, 6.45) is 3.08. The van der Waals surface area contributed by atoms with Gasteiger partial charge in [0, 0.05) is 12.6 Å². The van der Waals surface area contributed by atoms with Crippen molar-refractivity contribution in [3.8, 4) is 0 Å². The van der Waals surface area contributed by atoms with Gasteiger partial charge in [-0.2, -0.15) is 0 Å². The van der Waals surface area contributed by atoms with Crippen LogP contribution in [0.15, 0.2) is 30.3 Å². The minimum absolute atomic E-state index is 0.171. The van der Waals surface area contributed by atoms with E-state index in [-0.39, 0.29) is 11.9 Å². The van der Waals surface area contributed by atoms with Gasteiger partial charge in [0.25, 0.3) is 0 Å². The Kier molecular flexibility index (Phi) is 9.89. The van der Waals surface area contributed by atoms with Gasteiger partial charge >= 0.3 is 6.09 Å². The molecule has 0 heterocycles. The highest BCUT2D eigenvalue weighted by atomic mass is 16.6. The van der Waals surface area contributed by atoms with E-state index < -0.39 is 42.0 Å². The van der Waals surface area contributed by atoms with E-state index in [1.807, 2.05) is 18.2 Å². The van der Waals surface area contributed by atoms with Crippen LogP contribution in [0.3, 0.4) is 0 Å². The molecule has 2 atom stereocenters. The first kappa shape index (κ1) is 27.1. The predicted molar refractivity (Wildman–Crippen MR) is 129 cm³/mol. The standard InChI is InChI=1S/C25H38N4O5/c1-5-6-10-15-27-22(31)21(17-11-8-7-9-12-17)29(18-13-14-18)23(32)19(16-20(26)30)28-24(33)34-25(2,3)4/h7-9,11-12,18-19,21H,5-6,10,13-16H2,1-4H3,(H2,26,30)(H,27,31)(H,28,33). The first-order valence-corrected chi connectivity index (χ1v) is 12.0. The largest absolute Gasteiger partial charge is 0.444 e. The van der Waals surface area contributed by atoms with Gasteiger partial charge < -0.3 is 26.0 Å². The molecule has 9 heteroatoms. The maximum atomic E-state index is 13.7. The van der Waals surface area contributed by atoms with E-state index in [0.717, 1.165) is 32.1 Å². The second-order valence-electron chi connectivity index (χ2n) is 9.66. The highest BCUT2D eigenvalue weighted by molar-refractivity contribution is 5.94. The van der Waals surface area contributed by atoms with Crippen LogP contribution in [0.25, 0.3) is 0 Å². The van der Waals surface area contributed by atoms with E-state index in [2.05, 4.69) is 17.6 Å². The molecular weight excluding hydrogens is 436 g/mol. The number of benzene rings is 1. The molecule has 1 aliphatic rings. The second kappa shape index (κ2) is 12.4. The van der Waals surface area contributed by atoms with Crippen LogP contribution in [-0.4, -0.2) is 52.9 Å². The van der Waals surface area contributed by atoms with Crippen molar-refractivity contribution in [2.75, 3.05) is 6.54 Å². The van der Waals surface area contributed by atoms with E-state index in [1.165, 1.54) is 4.90 Å². The molecule has 4 amide bonds. The number of alkyl carbamates (subject to hydrolysis) is 1. The first-order chi connectivity index (χ1) is 16.0. The number of nitrogens with two attached hydrogens (primary N) is 1. The van der Waals surface area contributed by atoms with E-state index in [4.69, 9.17) is 10.5 Å². The molecule has 1 fully saturated rings. The zero-order valence-electron chi connectivity index (χ0n) is 20.6. The molecule has 2 unspecified atom stereocenters. The minimum Gasteiger partial charge on any atom is -0.444 e. The zero-order chi connectivity index (χ0) is 25.3. The van der Waals surface area contributed by atoms with Crippen LogP contribution in [0.2, 0.25) is 0 Å². The molecule has 188 valence electrons. The quantitative estimate of drug-likeness (QED) is 0.401. The summed E-state index contributed by atoms with van der Waals surface area (Å²) in [5.41, 5.74) is 5.26. The molecule has 4 N–H and O–H groups in total. The average molecular weight is 475 g/mol. The lowest BCUT2D eigenvalue weighted by atomic mass is 10.0. The summed E-state index contributed by atoms with van der Waals surface area (Å²) in [6, 6.07) is 6.74. The fourth-order valence-electron chi connectivity index (χ4n) is 3.66. The summed E-state index contributed by atoms with van der Waals surface area (Å²) < 4.78 is 5.27. The molecule has 0 saturated heterocycles. The van der Waals surface area contributed by atoms with Crippen LogP contribution >= 0.6 is 0 Å². The number of ether oxygens (including phenoxy) is 1. The number of carbonyl (C=O) groups excluding carboxylic acids is 4. The zero-order valence-corrected chi connectivity index (χ0v) is 20.6. The second-order valence-corrected chi connectivity index (χ2v) is 9.66. The Morgan fingerprint density at radius 1 is 1.12 bits per heavy atom. The lowest BCUT2D eigenvalue weighted by Crippen LogP contribution is -2.54. The van der Waals surface area contributed by atoms with Crippen molar-refractivity contribution in [1.82, 2.24) is 15.5 Å². The van der Waals surface area contributed by atoms with Gasteiger partial charge in [-0.1, -0.05) is 50.1 Å². The monoisotopic (exact) mass is 474 g/mol. The minimum atomic E-state index is -1.24. The van der Waals surface area contributed by atoms with Crippen LogP contribution in [-0.2, 0) is 19.1 Å². The number of hydrogen-bond acceptors (Lipinski definition) is 5. The van der Waals surface area contributed by atoms with Gasteiger partial charge in [-0.3, -0.25) is 14.4 Å². The third-order valence-electron chi connectivity index (χ3n) is 5.31. The van der Waals surface area contributed by atoms with Gasteiger partial charge in [0.05, 0.1) is 6.42 Å². The number of hydrogen-bond donors (Lipinski definition) is 3. The van der Waals surface area contributed by atoms with Crippen molar-refractivity contribution in [2.45, 2.75) is 89.9 Å². The van der Waals surface area contributed by atoms with Gasteiger partial charge in [0.1, 0.15) is 17.7 Å². The SMILES string of the molecule is CCCCCNC(=O)C(c1ccccc1)N(C(=O)C(CC(N)=O)NC(=O)OC(C)(C)C)C1CC1. The van der Waals surface area contributed by atoms with Crippen molar-refractivity contribution in [3.05, 3.63) is 35.9 Å². The lowest BCUT2D eigenvalue weighted by Gasteiger charge is -2.34. The average Bonchev–Trinajstić information content (AvgIpc) is 3.58. The molecule has 1 aromatic rings. The number of rotatable bonds is 12. The number of carbonyl (C=O) groups is 4. The molecule has 2 rings (SSSR count). The van der Waals surface area contributed by atoms with E-state index >= 15 is 0 Å². The maximum Gasteiger partial charge on any atom is 0.408 e. The number of primary amides is 1. The van der Waals surface area contributed by atoms with Crippen molar-refractivity contribution < 1.29 is 23.9 Å². The predicted octanol–water partition coefficient (Wildman–Crippen LogP) is 2.79. The molecule has 1 aromatic carbocycles.